The van der Waals surface area contributed by atoms with Crippen LogP contribution < -0.4 is 0 Å². The van der Waals surface area contributed by atoms with Crippen molar-refractivity contribution in [3.05, 3.63) is 65.4 Å². The number of oxazole rings is 1. The van der Waals surface area contributed by atoms with Gasteiger partial charge in [0, 0.05) is 25.2 Å². The monoisotopic (exact) mass is 291 g/mol. The van der Waals surface area contributed by atoms with Crippen LogP contribution in [-0.4, -0.2) is 15.0 Å². The maximum atomic E-state index is 5.89. The van der Waals surface area contributed by atoms with Crippen molar-refractivity contribution in [1.29, 1.82) is 0 Å². The van der Waals surface area contributed by atoms with Gasteiger partial charge >= 0.3 is 0 Å². The zero-order chi connectivity index (χ0) is 14.9. The highest BCUT2D eigenvalue weighted by molar-refractivity contribution is 5.46. The first-order chi connectivity index (χ1) is 10.8. The van der Waals surface area contributed by atoms with Crippen LogP contribution in [-0.2, 0) is 12.8 Å². The Kier molecular flexibility index (Phi) is 3.22. The summed E-state index contributed by atoms with van der Waals surface area (Å²) in [7, 11) is 0. The van der Waals surface area contributed by atoms with E-state index in [2.05, 4.69) is 46.1 Å². The predicted octanol–water partition coefficient (Wildman–Crippen LogP) is 3.71. The van der Waals surface area contributed by atoms with Gasteiger partial charge in [-0.1, -0.05) is 29.8 Å². The molecule has 0 amide bonds. The number of aryl methyl sites for hydroxylation is 2. The molecular formula is C18H17N3O. The lowest BCUT2D eigenvalue weighted by Crippen LogP contribution is -2.12. The Hall–Kier alpha value is -2.49. The molecule has 0 N–H and O–H groups in total. The minimum atomic E-state index is 0.521. The molecule has 0 bridgehead atoms. The lowest BCUT2D eigenvalue weighted by Gasteiger charge is -2.20. The number of benzene rings is 1. The first-order valence-electron chi connectivity index (χ1n) is 7.61. The molecule has 3 aromatic rings. The number of nitrogens with zero attached hydrogens (tertiary/aromatic N) is 3. The van der Waals surface area contributed by atoms with Crippen molar-refractivity contribution in [2.45, 2.75) is 32.1 Å². The van der Waals surface area contributed by atoms with Crippen LogP contribution in [0.5, 0.6) is 0 Å². The zero-order valence-corrected chi connectivity index (χ0v) is 12.5. The fourth-order valence-corrected chi connectivity index (χ4v) is 3.11. The Bertz CT molecular complexity index is 795. The lowest BCUT2D eigenvalue weighted by atomic mass is 9.84. The van der Waals surface area contributed by atoms with Gasteiger partial charge < -0.3 is 4.42 Å². The van der Waals surface area contributed by atoms with E-state index in [1.165, 1.54) is 11.1 Å². The molecule has 1 atom stereocenters. The molecule has 2 heterocycles. The van der Waals surface area contributed by atoms with E-state index in [1.807, 2.05) is 0 Å². The van der Waals surface area contributed by atoms with Crippen LogP contribution in [0.25, 0.3) is 11.6 Å². The number of rotatable bonds is 2. The van der Waals surface area contributed by atoms with E-state index in [4.69, 9.17) is 4.42 Å². The van der Waals surface area contributed by atoms with Crippen LogP contribution >= 0.6 is 0 Å². The maximum Gasteiger partial charge on any atom is 0.247 e. The summed E-state index contributed by atoms with van der Waals surface area (Å²) in [6.07, 6.45) is 7.97. The van der Waals surface area contributed by atoms with Crippen LogP contribution in [0.3, 0.4) is 0 Å². The van der Waals surface area contributed by atoms with Crippen molar-refractivity contribution in [2.24, 2.45) is 0 Å². The smallest absolute Gasteiger partial charge is 0.247 e. The standard InChI is InChI=1S/C18H17N3O/c1-12-3-2-4-13(9-12)14-5-6-17-15(10-14)21-18(22-17)16-11-19-7-8-20-16/h2-4,7-9,11,14H,5-6,10H2,1H3. The topological polar surface area (TPSA) is 51.8 Å². The van der Waals surface area contributed by atoms with Gasteiger partial charge in [0.05, 0.1) is 11.9 Å². The molecule has 22 heavy (non-hydrogen) atoms. The van der Waals surface area contributed by atoms with Crippen LogP contribution in [0.4, 0.5) is 0 Å². The molecule has 4 heteroatoms. The van der Waals surface area contributed by atoms with Gasteiger partial charge in [-0.3, -0.25) is 4.98 Å². The summed E-state index contributed by atoms with van der Waals surface area (Å²) in [5.41, 5.74) is 4.47. The van der Waals surface area contributed by atoms with E-state index in [1.54, 1.807) is 18.6 Å². The van der Waals surface area contributed by atoms with Gasteiger partial charge in [-0.2, -0.15) is 0 Å². The number of aromatic nitrogens is 3. The average Bonchev–Trinajstić information content (AvgIpc) is 2.99. The molecule has 0 saturated heterocycles. The van der Waals surface area contributed by atoms with E-state index in [0.717, 1.165) is 30.7 Å². The van der Waals surface area contributed by atoms with E-state index in [0.29, 0.717) is 17.5 Å². The Morgan fingerprint density at radius 2 is 2.18 bits per heavy atom. The average molecular weight is 291 g/mol. The summed E-state index contributed by atoms with van der Waals surface area (Å²) in [6.45, 7) is 2.14. The highest BCUT2D eigenvalue weighted by Gasteiger charge is 2.25. The van der Waals surface area contributed by atoms with Gasteiger partial charge in [0.25, 0.3) is 0 Å². The maximum absolute atomic E-state index is 5.89. The summed E-state index contributed by atoms with van der Waals surface area (Å²) < 4.78 is 5.89. The molecule has 1 aliphatic carbocycles. The summed E-state index contributed by atoms with van der Waals surface area (Å²) in [4.78, 5) is 13.0. The fourth-order valence-electron chi connectivity index (χ4n) is 3.11. The minimum Gasteiger partial charge on any atom is -0.440 e. The van der Waals surface area contributed by atoms with Crippen LogP contribution in [0.1, 0.15) is 34.9 Å². The third-order valence-corrected chi connectivity index (χ3v) is 4.23. The Balaban J connectivity index is 1.63. The van der Waals surface area contributed by atoms with Crippen molar-refractivity contribution >= 4 is 0 Å². The van der Waals surface area contributed by atoms with Gasteiger partial charge in [-0.15, -0.1) is 0 Å². The summed E-state index contributed by atoms with van der Waals surface area (Å²) in [5.74, 6) is 2.11. The van der Waals surface area contributed by atoms with Gasteiger partial charge in [0.15, 0.2) is 0 Å². The molecule has 2 aromatic heterocycles. The second-order valence-electron chi connectivity index (χ2n) is 5.83. The minimum absolute atomic E-state index is 0.521. The van der Waals surface area contributed by atoms with E-state index in [9.17, 15) is 0 Å². The van der Waals surface area contributed by atoms with Crippen LogP contribution in [0, 0.1) is 6.92 Å². The number of hydrogen-bond acceptors (Lipinski definition) is 4. The fraction of sp³-hybridized carbons (Fsp3) is 0.278. The number of hydrogen-bond donors (Lipinski definition) is 0. The SMILES string of the molecule is Cc1cccc(C2CCc3oc(-c4cnccn4)nc3C2)c1. The molecule has 1 aliphatic rings. The third-order valence-electron chi connectivity index (χ3n) is 4.23. The van der Waals surface area contributed by atoms with E-state index < -0.39 is 0 Å². The van der Waals surface area contributed by atoms with Gasteiger partial charge in [-0.25, -0.2) is 9.97 Å². The quantitative estimate of drug-likeness (QED) is 0.722. The molecule has 110 valence electrons. The van der Waals surface area contributed by atoms with Crippen molar-refractivity contribution in [1.82, 2.24) is 15.0 Å². The van der Waals surface area contributed by atoms with Crippen LogP contribution in [0.15, 0.2) is 47.3 Å². The Labute approximate surface area is 129 Å². The normalized spacial score (nSPS) is 17.2. The first-order valence-corrected chi connectivity index (χ1v) is 7.61. The molecule has 1 unspecified atom stereocenters. The van der Waals surface area contributed by atoms with Crippen molar-refractivity contribution in [3.63, 3.8) is 0 Å². The Morgan fingerprint density at radius 3 is 3.00 bits per heavy atom. The molecule has 4 rings (SSSR count). The first kappa shape index (κ1) is 13.2. The summed E-state index contributed by atoms with van der Waals surface area (Å²) in [6, 6.07) is 8.76. The van der Waals surface area contributed by atoms with Crippen molar-refractivity contribution in [2.75, 3.05) is 0 Å². The van der Waals surface area contributed by atoms with Crippen molar-refractivity contribution < 1.29 is 4.42 Å². The molecule has 0 aliphatic heterocycles. The highest BCUT2D eigenvalue weighted by atomic mass is 16.4. The zero-order valence-electron chi connectivity index (χ0n) is 12.5. The molecule has 0 fully saturated rings. The largest absolute Gasteiger partial charge is 0.440 e. The molecule has 4 nitrogen and oxygen atoms in total. The molecular weight excluding hydrogens is 274 g/mol. The summed E-state index contributed by atoms with van der Waals surface area (Å²) >= 11 is 0. The predicted molar refractivity (Wildman–Crippen MR) is 83.5 cm³/mol. The molecule has 1 aromatic carbocycles. The van der Waals surface area contributed by atoms with Gasteiger partial charge in [-0.05, 0) is 24.8 Å². The van der Waals surface area contributed by atoms with Gasteiger partial charge in [0.1, 0.15) is 11.5 Å². The van der Waals surface area contributed by atoms with Crippen molar-refractivity contribution in [3.8, 4) is 11.6 Å². The summed E-state index contributed by atoms with van der Waals surface area (Å²) in [5, 5.41) is 0. The number of fused-ring (bicyclic) bond motifs is 1. The molecule has 0 radical (unpaired) electrons. The lowest BCUT2D eigenvalue weighted by molar-refractivity contribution is 0.464. The molecule has 0 saturated carbocycles. The molecule has 0 spiro atoms. The highest BCUT2D eigenvalue weighted by Crippen LogP contribution is 2.34. The second-order valence-corrected chi connectivity index (χ2v) is 5.83. The Morgan fingerprint density at radius 1 is 1.23 bits per heavy atom. The van der Waals surface area contributed by atoms with E-state index in [-0.39, 0.29) is 0 Å². The van der Waals surface area contributed by atoms with Crippen LogP contribution in [0.2, 0.25) is 0 Å². The second kappa shape index (κ2) is 5.37. The van der Waals surface area contributed by atoms with Gasteiger partial charge in [0.2, 0.25) is 5.89 Å². The van der Waals surface area contributed by atoms with E-state index >= 15 is 0 Å². The third kappa shape index (κ3) is 2.41.